The minimum Gasteiger partial charge on any atom is -0.361 e. The smallest absolute Gasteiger partial charge is 0.315 e. The lowest BCUT2D eigenvalue weighted by Gasteiger charge is -2.33. The zero-order valence-corrected chi connectivity index (χ0v) is 12.0. The van der Waals surface area contributed by atoms with Gasteiger partial charge in [-0.3, -0.25) is 4.79 Å². The lowest BCUT2D eigenvalue weighted by atomic mass is 9.82. The van der Waals surface area contributed by atoms with Crippen LogP contribution < -0.4 is 16.1 Å². The van der Waals surface area contributed by atoms with E-state index in [4.69, 9.17) is 0 Å². The number of amides is 2. The second-order valence-corrected chi connectivity index (χ2v) is 5.82. The Morgan fingerprint density at radius 2 is 2.14 bits per heavy atom. The van der Waals surface area contributed by atoms with Crippen LogP contribution in [-0.4, -0.2) is 17.1 Å². The Bertz CT molecular complexity index is 717. The fourth-order valence-electron chi connectivity index (χ4n) is 2.77. The predicted molar refractivity (Wildman–Crippen MR) is 82.1 cm³/mol. The summed E-state index contributed by atoms with van der Waals surface area (Å²) in [6.45, 7) is 2.63. The van der Waals surface area contributed by atoms with E-state index >= 15 is 0 Å². The Kier molecular flexibility index (Phi) is 3.64. The number of H-pyrrole nitrogens is 1. The van der Waals surface area contributed by atoms with Crippen molar-refractivity contribution in [2.45, 2.75) is 32.4 Å². The Hall–Kier alpha value is -2.30. The van der Waals surface area contributed by atoms with E-state index in [-0.39, 0.29) is 11.5 Å². The Morgan fingerprint density at radius 1 is 1.33 bits per heavy atom. The summed E-state index contributed by atoms with van der Waals surface area (Å²) in [5, 5.41) is 6.47. The van der Waals surface area contributed by atoms with Crippen molar-refractivity contribution in [2.24, 2.45) is 5.92 Å². The summed E-state index contributed by atoms with van der Waals surface area (Å²) in [5.74, 6) is 0.715. The number of aromatic nitrogens is 1. The van der Waals surface area contributed by atoms with Crippen molar-refractivity contribution in [3.63, 3.8) is 0 Å². The molecule has 2 amide bonds. The van der Waals surface area contributed by atoms with Crippen LogP contribution in [0.1, 0.15) is 25.3 Å². The number of hydrogen-bond donors (Lipinski definition) is 3. The number of aromatic amines is 1. The molecule has 0 saturated heterocycles. The van der Waals surface area contributed by atoms with E-state index < -0.39 is 0 Å². The largest absolute Gasteiger partial charge is 0.361 e. The third kappa shape index (κ3) is 3.07. The highest BCUT2D eigenvalue weighted by Gasteiger charge is 2.26. The molecule has 1 aliphatic carbocycles. The molecule has 0 aliphatic heterocycles. The molecule has 5 heteroatoms. The molecule has 1 saturated carbocycles. The van der Waals surface area contributed by atoms with Gasteiger partial charge in [0.2, 0.25) is 0 Å². The molecule has 0 radical (unpaired) electrons. The molecular weight excluding hydrogens is 266 g/mol. The van der Waals surface area contributed by atoms with Gasteiger partial charge in [-0.05, 0) is 36.5 Å². The number of fused-ring (bicyclic) bond motifs is 1. The average molecular weight is 285 g/mol. The molecule has 3 N–H and O–H groups in total. The standard InChI is InChI=1S/C16H19N3O2/c1-10-6-12(7-10)19-16(21)18-9-11-2-3-13-14(8-11)17-5-4-15(13)20/h2-5,8,10,12H,6-7,9H2,1H3,(H,17,20)(H2,18,19,21). The minimum atomic E-state index is -0.131. The molecule has 2 aromatic rings. The third-order valence-electron chi connectivity index (χ3n) is 3.99. The molecule has 21 heavy (non-hydrogen) atoms. The number of hydrogen-bond acceptors (Lipinski definition) is 2. The normalized spacial score (nSPS) is 20.8. The van der Waals surface area contributed by atoms with E-state index in [1.165, 1.54) is 6.07 Å². The van der Waals surface area contributed by atoms with E-state index in [0.717, 1.165) is 23.9 Å². The van der Waals surface area contributed by atoms with Gasteiger partial charge in [-0.1, -0.05) is 13.0 Å². The van der Waals surface area contributed by atoms with Crippen LogP contribution in [0.5, 0.6) is 0 Å². The number of nitrogens with one attached hydrogen (secondary N) is 3. The summed E-state index contributed by atoms with van der Waals surface area (Å²) < 4.78 is 0. The van der Waals surface area contributed by atoms with Crippen molar-refractivity contribution in [1.82, 2.24) is 15.6 Å². The Balaban J connectivity index is 1.60. The Morgan fingerprint density at radius 3 is 2.90 bits per heavy atom. The van der Waals surface area contributed by atoms with Crippen LogP contribution >= 0.6 is 0 Å². The molecule has 1 fully saturated rings. The van der Waals surface area contributed by atoms with Crippen LogP contribution in [0.2, 0.25) is 0 Å². The van der Waals surface area contributed by atoms with Gasteiger partial charge in [-0.25, -0.2) is 4.79 Å². The van der Waals surface area contributed by atoms with Gasteiger partial charge in [0.1, 0.15) is 0 Å². The second kappa shape index (κ2) is 5.60. The van der Waals surface area contributed by atoms with Crippen LogP contribution in [0.25, 0.3) is 10.9 Å². The van der Waals surface area contributed by atoms with Crippen molar-refractivity contribution < 1.29 is 4.79 Å². The summed E-state index contributed by atoms with van der Waals surface area (Å²) in [6.07, 6.45) is 3.75. The highest BCUT2D eigenvalue weighted by atomic mass is 16.2. The molecule has 0 unspecified atom stereocenters. The molecule has 1 aromatic heterocycles. The van der Waals surface area contributed by atoms with Crippen LogP contribution in [0.3, 0.4) is 0 Å². The maximum absolute atomic E-state index is 11.8. The zero-order chi connectivity index (χ0) is 14.8. The van der Waals surface area contributed by atoms with Gasteiger partial charge in [0.15, 0.2) is 5.43 Å². The van der Waals surface area contributed by atoms with Crippen molar-refractivity contribution >= 4 is 16.9 Å². The maximum atomic E-state index is 11.8. The predicted octanol–water partition coefficient (Wildman–Crippen LogP) is 2.13. The van der Waals surface area contributed by atoms with Gasteiger partial charge in [-0.15, -0.1) is 0 Å². The summed E-state index contributed by atoms with van der Waals surface area (Å²) in [4.78, 5) is 26.5. The lowest BCUT2D eigenvalue weighted by Crippen LogP contribution is -2.47. The van der Waals surface area contributed by atoms with Crippen molar-refractivity contribution in [3.8, 4) is 0 Å². The molecular formula is C16H19N3O2. The van der Waals surface area contributed by atoms with E-state index in [9.17, 15) is 9.59 Å². The van der Waals surface area contributed by atoms with Gasteiger partial charge >= 0.3 is 6.03 Å². The van der Waals surface area contributed by atoms with Crippen LogP contribution in [0.15, 0.2) is 35.3 Å². The molecule has 1 aromatic carbocycles. The minimum absolute atomic E-state index is 0.0000976. The molecule has 3 rings (SSSR count). The summed E-state index contributed by atoms with van der Waals surface area (Å²) >= 11 is 0. The summed E-state index contributed by atoms with van der Waals surface area (Å²) in [7, 11) is 0. The molecule has 5 nitrogen and oxygen atoms in total. The average Bonchev–Trinajstić information content (AvgIpc) is 2.44. The van der Waals surface area contributed by atoms with Crippen LogP contribution in [0, 0.1) is 5.92 Å². The van der Waals surface area contributed by atoms with Crippen LogP contribution in [-0.2, 0) is 6.54 Å². The molecule has 1 heterocycles. The van der Waals surface area contributed by atoms with Crippen LogP contribution in [0.4, 0.5) is 4.79 Å². The Labute approximate surface area is 122 Å². The molecule has 0 atom stereocenters. The third-order valence-corrected chi connectivity index (χ3v) is 3.99. The van der Waals surface area contributed by atoms with Gasteiger partial charge in [0.25, 0.3) is 0 Å². The van der Waals surface area contributed by atoms with E-state index in [0.29, 0.717) is 23.9 Å². The van der Waals surface area contributed by atoms with E-state index in [1.54, 1.807) is 12.3 Å². The summed E-state index contributed by atoms with van der Waals surface area (Å²) in [6, 6.07) is 7.23. The quantitative estimate of drug-likeness (QED) is 0.808. The number of pyridine rings is 1. The number of benzene rings is 1. The van der Waals surface area contributed by atoms with Crippen molar-refractivity contribution in [1.29, 1.82) is 0 Å². The number of urea groups is 1. The topological polar surface area (TPSA) is 74.0 Å². The van der Waals surface area contributed by atoms with Gasteiger partial charge in [0, 0.05) is 35.8 Å². The van der Waals surface area contributed by atoms with E-state index in [2.05, 4.69) is 22.5 Å². The van der Waals surface area contributed by atoms with E-state index in [1.807, 2.05) is 12.1 Å². The maximum Gasteiger partial charge on any atom is 0.315 e. The number of carbonyl (C=O) groups is 1. The first-order valence-electron chi connectivity index (χ1n) is 7.26. The van der Waals surface area contributed by atoms with Gasteiger partial charge < -0.3 is 15.6 Å². The number of carbonyl (C=O) groups excluding carboxylic acids is 1. The van der Waals surface area contributed by atoms with Crippen molar-refractivity contribution in [3.05, 3.63) is 46.2 Å². The lowest BCUT2D eigenvalue weighted by molar-refractivity contribution is 0.210. The SMILES string of the molecule is CC1CC(NC(=O)NCc2ccc3c(=O)cc[nH]c3c2)C1. The fourth-order valence-corrected chi connectivity index (χ4v) is 2.77. The van der Waals surface area contributed by atoms with Gasteiger partial charge in [0.05, 0.1) is 0 Å². The molecule has 0 spiro atoms. The molecule has 1 aliphatic rings. The van der Waals surface area contributed by atoms with Gasteiger partial charge in [-0.2, -0.15) is 0 Å². The second-order valence-electron chi connectivity index (χ2n) is 5.82. The number of rotatable bonds is 3. The summed E-state index contributed by atoms with van der Waals surface area (Å²) in [5.41, 5.74) is 1.75. The molecule has 110 valence electrons. The first-order chi connectivity index (χ1) is 10.1. The first kappa shape index (κ1) is 13.7. The zero-order valence-electron chi connectivity index (χ0n) is 12.0. The first-order valence-corrected chi connectivity index (χ1v) is 7.26. The monoisotopic (exact) mass is 285 g/mol. The van der Waals surface area contributed by atoms with Crippen molar-refractivity contribution in [2.75, 3.05) is 0 Å². The fraction of sp³-hybridized carbons (Fsp3) is 0.375. The highest BCUT2D eigenvalue weighted by Crippen LogP contribution is 2.25. The highest BCUT2D eigenvalue weighted by molar-refractivity contribution is 5.79. The molecule has 0 bridgehead atoms.